The van der Waals surface area contributed by atoms with Gasteiger partial charge in [-0.15, -0.1) is 0 Å². The Morgan fingerprint density at radius 1 is 0.805 bits per heavy atom. The SMILES string of the molecule is O=C(CC(c1cccc(Oc2ccccc2)c1)c1cn(Cc2ccccc2)c2ccccc12)NCCN1CCCC1. The number of rotatable bonds is 11. The number of carbonyl (C=O) groups is 1. The zero-order chi connectivity index (χ0) is 27.9. The van der Waals surface area contributed by atoms with Crippen LogP contribution >= 0.6 is 0 Å². The largest absolute Gasteiger partial charge is 0.457 e. The lowest BCUT2D eigenvalue weighted by Gasteiger charge is -2.19. The van der Waals surface area contributed by atoms with E-state index in [2.05, 4.69) is 81.6 Å². The molecule has 1 unspecified atom stereocenters. The van der Waals surface area contributed by atoms with Gasteiger partial charge in [-0.3, -0.25) is 4.79 Å². The quantitative estimate of drug-likeness (QED) is 0.191. The van der Waals surface area contributed by atoms with E-state index < -0.39 is 0 Å². The summed E-state index contributed by atoms with van der Waals surface area (Å²) in [5, 5.41) is 4.38. The molecule has 5 nitrogen and oxygen atoms in total. The van der Waals surface area contributed by atoms with E-state index in [9.17, 15) is 4.79 Å². The maximum atomic E-state index is 13.4. The monoisotopic (exact) mass is 543 g/mol. The van der Waals surface area contributed by atoms with Crippen molar-refractivity contribution in [2.24, 2.45) is 0 Å². The number of benzene rings is 4. The van der Waals surface area contributed by atoms with Crippen molar-refractivity contribution in [2.45, 2.75) is 31.7 Å². The number of hydrogen-bond acceptors (Lipinski definition) is 3. The number of amides is 1. The highest BCUT2D eigenvalue weighted by Gasteiger charge is 2.24. The number of nitrogens with zero attached hydrogens (tertiary/aromatic N) is 2. The lowest BCUT2D eigenvalue weighted by molar-refractivity contribution is -0.121. The molecule has 0 bridgehead atoms. The number of hydrogen-bond donors (Lipinski definition) is 1. The minimum Gasteiger partial charge on any atom is -0.457 e. The molecule has 2 heterocycles. The van der Waals surface area contributed by atoms with Crippen molar-refractivity contribution < 1.29 is 9.53 Å². The standard InChI is InChI=1S/C36H37N3O2/c40-36(37-20-23-38-21-9-10-22-38)25-33(29-14-11-17-31(24-29)41-30-15-5-2-6-16-30)34-27-39(26-28-12-3-1-4-13-28)35-19-8-7-18-32(34)35/h1-8,11-19,24,27,33H,9-10,20-23,25-26H2,(H,37,40). The molecule has 5 aromatic rings. The van der Waals surface area contributed by atoms with Crippen LogP contribution in [-0.2, 0) is 11.3 Å². The summed E-state index contributed by atoms with van der Waals surface area (Å²) in [7, 11) is 0. The van der Waals surface area contributed by atoms with Crippen molar-refractivity contribution in [3.05, 3.63) is 132 Å². The van der Waals surface area contributed by atoms with Crippen LogP contribution in [0.25, 0.3) is 10.9 Å². The van der Waals surface area contributed by atoms with E-state index in [-0.39, 0.29) is 11.8 Å². The fourth-order valence-corrected chi connectivity index (χ4v) is 5.91. The van der Waals surface area contributed by atoms with Gasteiger partial charge in [0.05, 0.1) is 0 Å². The van der Waals surface area contributed by atoms with Crippen molar-refractivity contribution in [1.82, 2.24) is 14.8 Å². The molecule has 0 aliphatic carbocycles. The second kappa shape index (κ2) is 12.9. The van der Waals surface area contributed by atoms with Crippen LogP contribution in [0.1, 0.15) is 41.9 Å². The Morgan fingerprint density at radius 2 is 1.51 bits per heavy atom. The summed E-state index contributed by atoms with van der Waals surface area (Å²) in [5.41, 5.74) is 4.63. The lowest BCUT2D eigenvalue weighted by Crippen LogP contribution is -2.34. The molecule has 5 heteroatoms. The Bertz CT molecular complexity index is 1570. The Labute approximate surface area is 242 Å². The molecule has 6 rings (SSSR count). The number of ether oxygens (including phenoxy) is 1. The summed E-state index contributed by atoms with van der Waals surface area (Å²) < 4.78 is 8.50. The lowest BCUT2D eigenvalue weighted by atomic mass is 9.88. The van der Waals surface area contributed by atoms with Gasteiger partial charge >= 0.3 is 0 Å². The van der Waals surface area contributed by atoms with E-state index in [4.69, 9.17) is 4.74 Å². The molecule has 1 amide bonds. The summed E-state index contributed by atoms with van der Waals surface area (Å²) in [5.74, 6) is 1.51. The van der Waals surface area contributed by atoms with Crippen LogP contribution in [0.2, 0.25) is 0 Å². The van der Waals surface area contributed by atoms with E-state index in [1.165, 1.54) is 29.3 Å². The average Bonchev–Trinajstić information content (AvgIpc) is 3.66. The maximum absolute atomic E-state index is 13.4. The van der Waals surface area contributed by atoms with Crippen molar-refractivity contribution in [2.75, 3.05) is 26.2 Å². The molecule has 4 aromatic carbocycles. The highest BCUT2D eigenvalue weighted by molar-refractivity contribution is 5.87. The van der Waals surface area contributed by atoms with Gasteiger partial charge < -0.3 is 19.5 Å². The van der Waals surface area contributed by atoms with Crippen LogP contribution in [-0.4, -0.2) is 41.6 Å². The zero-order valence-electron chi connectivity index (χ0n) is 23.4. The summed E-state index contributed by atoms with van der Waals surface area (Å²) in [6.45, 7) is 4.63. The van der Waals surface area contributed by atoms with Gasteiger partial charge in [0.1, 0.15) is 11.5 Å². The second-order valence-corrected chi connectivity index (χ2v) is 10.9. The molecule has 1 N–H and O–H groups in total. The molecule has 1 fully saturated rings. The van der Waals surface area contributed by atoms with Crippen LogP contribution < -0.4 is 10.1 Å². The van der Waals surface area contributed by atoms with Gasteiger partial charge in [-0.1, -0.05) is 78.9 Å². The Hall–Kier alpha value is -4.35. The number of nitrogens with one attached hydrogen (secondary N) is 1. The van der Waals surface area contributed by atoms with Crippen LogP contribution in [0.3, 0.4) is 0 Å². The third kappa shape index (κ3) is 6.69. The minimum absolute atomic E-state index is 0.0727. The minimum atomic E-state index is -0.122. The highest BCUT2D eigenvalue weighted by atomic mass is 16.5. The van der Waals surface area contributed by atoms with Gasteiger partial charge in [-0.2, -0.15) is 0 Å². The molecule has 1 aromatic heterocycles. The molecule has 1 aliphatic heterocycles. The van der Waals surface area contributed by atoms with E-state index >= 15 is 0 Å². The topological polar surface area (TPSA) is 46.5 Å². The molecule has 0 saturated carbocycles. The highest BCUT2D eigenvalue weighted by Crippen LogP contribution is 2.37. The smallest absolute Gasteiger partial charge is 0.220 e. The van der Waals surface area contributed by atoms with Crippen LogP contribution in [0.4, 0.5) is 0 Å². The Morgan fingerprint density at radius 3 is 2.32 bits per heavy atom. The van der Waals surface area contributed by atoms with E-state index in [0.717, 1.165) is 48.8 Å². The molecule has 1 atom stereocenters. The normalized spacial score (nSPS) is 14.2. The first kappa shape index (κ1) is 26.9. The van der Waals surface area contributed by atoms with Gasteiger partial charge in [-0.25, -0.2) is 0 Å². The molecule has 1 aliphatic rings. The Balaban J connectivity index is 1.32. The van der Waals surface area contributed by atoms with Crippen LogP contribution in [0.5, 0.6) is 11.5 Å². The summed E-state index contributed by atoms with van der Waals surface area (Å²) in [6, 6.07) is 37.1. The molecule has 0 radical (unpaired) electrons. The molecule has 0 spiro atoms. The van der Waals surface area contributed by atoms with Crippen molar-refractivity contribution in [3.8, 4) is 11.5 Å². The van der Waals surface area contributed by atoms with Gasteiger partial charge in [-0.05, 0) is 73.0 Å². The summed E-state index contributed by atoms with van der Waals surface area (Å²) in [6.07, 6.45) is 5.12. The van der Waals surface area contributed by atoms with E-state index in [1.807, 2.05) is 48.5 Å². The maximum Gasteiger partial charge on any atom is 0.220 e. The third-order valence-electron chi connectivity index (χ3n) is 7.97. The predicted molar refractivity (Wildman–Crippen MR) is 166 cm³/mol. The third-order valence-corrected chi connectivity index (χ3v) is 7.97. The molecular formula is C36H37N3O2. The molecule has 208 valence electrons. The summed E-state index contributed by atoms with van der Waals surface area (Å²) >= 11 is 0. The average molecular weight is 544 g/mol. The summed E-state index contributed by atoms with van der Waals surface area (Å²) in [4.78, 5) is 15.8. The number of para-hydroxylation sites is 2. The van der Waals surface area contributed by atoms with Crippen molar-refractivity contribution >= 4 is 16.8 Å². The van der Waals surface area contributed by atoms with Gasteiger partial charge in [0, 0.05) is 49.1 Å². The second-order valence-electron chi connectivity index (χ2n) is 10.9. The fraction of sp³-hybridized carbons (Fsp3) is 0.250. The van der Waals surface area contributed by atoms with Crippen molar-refractivity contribution in [3.63, 3.8) is 0 Å². The van der Waals surface area contributed by atoms with E-state index in [0.29, 0.717) is 13.0 Å². The number of likely N-dealkylation sites (tertiary alicyclic amines) is 1. The Kier molecular flexibility index (Phi) is 8.43. The van der Waals surface area contributed by atoms with Gasteiger partial charge in [0.2, 0.25) is 5.91 Å². The number of aromatic nitrogens is 1. The first-order valence-electron chi connectivity index (χ1n) is 14.7. The number of fused-ring (bicyclic) bond motifs is 1. The zero-order valence-corrected chi connectivity index (χ0v) is 23.4. The van der Waals surface area contributed by atoms with Crippen LogP contribution in [0.15, 0.2) is 115 Å². The fourth-order valence-electron chi connectivity index (χ4n) is 5.91. The van der Waals surface area contributed by atoms with Gasteiger partial charge in [0.25, 0.3) is 0 Å². The number of carbonyl (C=O) groups excluding carboxylic acids is 1. The molecule has 41 heavy (non-hydrogen) atoms. The first-order chi connectivity index (χ1) is 20.2. The molecule has 1 saturated heterocycles. The predicted octanol–water partition coefficient (Wildman–Crippen LogP) is 7.22. The first-order valence-corrected chi connectivity index (χ1v) is 14.7. The van der Waals surface area contributed by atoms with Crippen molar-refractivity contribution in [1.29, 1.82) is 0 Å². The molecular weight excluding hydrogens is 506 g/mol. The van der Waals surface area contributed by atoms with E-state index in [1.54, 1.807) is 0 Å². The van der Waals surface area contributed by atoms with Crippen LogP contribution in [0, 0.1) is 0 Å². The van der Waals surface area contributed by atoms with Gasteiger partial charge in [0.15, 0.2) is 0 Å².